The first-order valence-corrected chi connectivity index (χ1v) is 26.3. The Morgan fingerprint density at radius 2 is 0.644 bits per heavy atom. The van der Waals surface area contributed by atoms with Crippen LogP contribution in [0, 0.1) is 11.8 Å². The van der Waals surface area contributed by atoms with E-state index in [1.165, 1.54) is 180 Å². The van der Waals surface area contributed by atoms with Gasteiger partial charge in [-0.15, -0.1) is 0 Å². The molecule has 0 spiro atoms. The van der Waals surface area contributed by atoms with Gasteiger partial charge in [-0.05, 0) is 31.1 Å². The molecule has 0 heterocycles. The average molecular weight is 835 g/mol. The van der Waals surface area contributed by atoms with Crippen molar-refractivity contribution in [1.29, 1.82) is 0 Å². The third-order valence-corrected chi connectivity index (χ3v) is 12.3. The largest absolute Gasteiger partial charge is 0.462 e. The van der Waals surface area contributed by atoms with Gasteiger partial charge in [0, 0.05) is 19.3 Å². The van der Waals surface area contributed by atoms with Crippen LogP contribution in [0.5, 0.6) is 0 Å². The molecule has 0 aliphatic heterocycles. The minimum Gasteiger partial charge on any atom is -0.462 e. The van der Waals surface area contributed by atoms with E-state index in [2.05, 4.69) is 34.6 Å². The first kappa shape index (κ1) is 57.4. The summed E-state index contributed by atoms with van der Waals surface area (Å²) in [5, 5.41) is 0. The Morgan fingerprint density at radius 1 is 0.356 bits per heavy atom. The summed E-state index contributed by atoms with van der Waals surface area (Å²) >= 11 is 0. The molecule has 0 saturated heterocycles. The number of unbranched alkanes of at least 4 members (excludes halogenated alkanes) is 31. The number of rotatable bonds is 47. The maximum absolute atomic E-state index is 12.8. The summed E-state index contributed by atoms with van der Waals surface area (Å²) in [7, 11) is 0. The van der Waals surface area contributed by atoms with Crippen molar-refractivity contribution in [3.63, 3.8) is 0 Å². The summed E-state index contributed by atoms with van der Waals surface area (Å²) in [6.45, 7) is 11.4. The van der Waals surface area contributed by atoms with Crippen molar-refractivity contribution in [3.8, 4) is 0 Å². The van der Waals surface area contributed by atoms with Crippen LogP contribution in [0.15, 0.2) is 0 Å². The molecule has 2 atom stereocenters. The molecule has 0 aromatic rings. The number of hydrogen-bond donors (Lipinski definition) is 0. The van der Waals surface area contributed by atoms with Crippen LogP contribution in [0.2, 0.25) is 0 Å². The minimum absolute atomic E-state index is 0.0642. The molecule has 0 aromatic heterocycles. The van der Waals surface area contributed by atoms with Gasteiger partial charge in [0.05, 0.1) is 0 Å². The second kappa shape index (κ2) is 45.9. The molecule has 59 heavy (non-hydrogen) atoms. The average Bonchev–Trinajstić information content (AvgIpc) is 3.22. The van der Waals surface area contributed by atoms with Crippen LogP contribution in [0.3, 0.4) is 0 Å². The Morgan fingerprint density at radius 3 is 0.966 bits per heavy atom. The smallest absolute Gasteiger partial charge is 0.306 e. The summed E-state index contributed by atoms with van der Waals surface area (Å²) < 4.78 is 16.8. The van der Waals surface area contributed by atoms with Crippen LogP contribution >= 0.6 is 0 Å². The highest BCUT2D eigenvalue weighted by atomic mass is 16.6. The SMILES string of the molecule is CCCCCCCCCCCCCCCCCCCC(=O)OC[C@H](COC(=O)CCCCCCCCCCCC(C)C)OC(=O)CCCCCCCCCCC(C)CC. The zero-order valence-electron chi connectivity index (χ0n) is 40.4. The quantitative estimate of drug-likeness (QED) is 0.0345. The summed E-state index contributed by atoms with van der Waals surface area (Å²) in [6.07, 6.45) is 46.6. The van der Waals surface area contributed by atoms with E-state index in [0.717, 1.165) is 69.6 Å². The van der Waals surface area contributed by atoms with Gasteiger partial charge >= 0.3 is 17.9 Å². The first-order valence-electron chi connectivity index (χ1n) is 26.3. The molecule has 6 nitrogen and oxygen atoms in total. The van der Waals surface area contributed by atoms with Gasteiger partial charge in [-0.2, -0.15) is 0 Å². The third kappa shape index (κ3) is 45.8. The van der Waals surface area contributed by atoms with Gasteiger partial charge in [0.2, 0.25) is 0 Å². The van der Waals surface area contributed by atoms with Crippen molar-refractivity contribution in [1.82, 2.24) is 0 Å². The molecule has 1 unspecified atom stereocenters. The lowest BCUT2D eigenvalue weighted by atomic mass is 9.99. The molecule has 0 fully saturated rings. The van der Waals surface area contributed by atoms with E-state index in [1.807, 2.05) is 0 Å². The van der Waals surface area contributed by atoms with Crippen molar-refractivity contribution in [2.24, 2.45) is 11.8 Å². The van der Waals surface area contributed by atoms with Crippen molar-refractivity contribution in [3.05, 3.63) is 0 Å². The zero-order chi connectivity index (χ0) is 43.3. The third-order valence-electron chi connectivity index (χ3n) is 12.3. The lowest BCUT2D eigenvalue weighted by Gasteiger charge is -2.18. The van der Waals surface area contributed by atoms with Crippen molar-refractivity contribution < 1.29 is 28.6 Å². The highest BCUT2D eigenvalue weighted by molar-refractivity contribution is 5.71. The van der Waals surface area contributed by atoms with Crippen molar-refractivity contribution >= 4 is 17.9 Å². The van der Waals surface area contributed by atoms with E-state index in [-0.39, 0.29) is 31.1 Å². The molecule has 0 rings (SSSR count). The van der Waals surface area contributed by atoms with Gasteiger partial charge in [0.25, 0.3) is 0 Å². The maximum Gasteiger partial charge on any atom is 0.306 e. The maximum atomic E-state index is 12.8. The fourth-order valence-corrected chi connectivity index (χ4v) is 7.96. The molecule has 0 N–H and O–H groups in total. The van der Waals surface area contributed by atoms with E-state index in [1.54, 1.807) is 0 Å². The standard InChI is InChI=1S/C53H102O6/c1-6-8-9-10-11-12-13-14-15-16-17-18-19-22-28-33-38-43-51(54)57-46-50(59-53(56)45-40-35-30-25-24-27-32-37-42-49(5)7-2)47-58-52(55)44-39-34-29-23-20-21-26-31-36-41-48(3)4/h48-50H,6-47H2,1-5H3/t49?,50-/m1/s1. The minimum atomic E-state index is -0.762. The fraction of sp³-hybridized carbons (Fsp3) is 0.943. The Hall–Kier alpha value is -1.59. The molecule has 350 valence electrons. The molecule has 0 saturated carbocycles. The molecule has 0 aliphatic carbocycles. The highest BCUT2D eigenvalue weighted by Gasteiger charge is 2.19. The summed E-state index contributed by atoms with van der Waals surface area (Å²) in [5.74, 6) is 0.803. The molecule has 6 heteroatoms. The highest BCUT2D eigenvalue weighted by Crippen LogP contribution is 2.18. The molecule has 0 radical (unpaired) electrons. The molecule has 0 aromatic carbocycles. The summed E-state index contributed by atoms with van der Waals surface area (Å²) in [5.41, 5.74) is 0. The number of esters is 3. The van der Waals surface area contributed by atoms with Crippen LogP contribution in [-0.2, 0) is 28.6 Å². The first-order chi connectivity index (χ1) is 28.8. The summed E-state index contributed by atoms with van der Waals surface area (Å²) in [4.78, 5) is 37.9. The van der Waals surface area contributed by atoms with Crippen LogP contribution in [0.4, 0.5) is 0 Å². The number of ether oxygens (including phenoxy) is 3. The molecule has 0 aliphatic rings. The monoisotopic (exact) mass is 835 g/mol. The Kier molecular flexibility index (Phi) is 44.7. The van der Waals surface area contributed by atoms with Crippen molar-refractivity contribution in [2.45, 2.75) is 298 Å². The lowest BCUT2D eigenvalue weighted by molar-refractivity contribution is -0.167. The van der Waals surface area contributed by atoms with Gasteiger partial charge in [-0.25, -0.2) is 0 Å². The fourth-order valence-electron chi connectivity index (χ4n) is 7.96. The predicted molar refractivity (Wildman–Crippen MR) is 252 cm³/mol. The van der Waals surface area contributed by atoms with E-state index < -0.39 is 6.10 Å². The van der Waals surface area contributed by atoms with E-state index >= 15 is 0 Å². The molecular formula is C53H102O6. The van der Waals surface area contributed by atoms with Gasteiger partial charge in [0.1, 0.15) is 13.2 Å². The van der Waals surface area contributed by atoms with Crippen molar-refractivity contribution in [2.75, 3.05) is 13.2 Å². The molecular weight excluding hydrogens is 733 g/mol. The van der Waals surface area contributed by atoms with Gasteiger partial charge in [0.15, 0.2) is 6.10 Å². The lowest BCUT2D eigenvalue weighted by Crippen LogP contribution is -2.30. The van der Waals surface area contributed by atoms with Crippen LogP contribution < -0.4 is 0 Å². The van der Waals surface area contributed by atoms with Gasteiger partial charge in [-0.1, -0.05) is 253 Å². The topological polar surface area (TPSA) is 78.9 Å². The second-order valence-corrected chi connectivity index (χ2v) is 18.9. The normalized spacial score (nSPS) is 12.5. The Labute approximate surface area is 368 Å². The van der Waals surface area contributed by atoms with Crippen LogP contribution in [-0.4, -0.2) is 37.2 Å². The van der Waals surface area contributed by atoms with Crippen LogP contribution in [0.25, 0.3) is 0 Å². The number of carbonyl (C=O) groups is 3. The Bertz CT molecular complexity index is 902. The second-order valence-electron chi connectivity index (χ2n) is 18.9. The van der Waals surface area contributed by atoms with E-state index in [4.69, 9.17) is 14.2 Å². The molecule has 0 amide bonds. The summed E-state index contributed by atoms with van der Waals surface area (Å²) in [6, 6.07) is 0. The van der Waals surface area contributed by atoms with Gasteiger partial charge in [-0.3, -0.25) is 14.4 Å². The number of carbonyl (C=O) groups excluding carboxylic acids is 3. The number of hydrogen-bond acceptors (Lipinski definition) is 6. The van der Waals surface area contributed by atoms with Crippen LogP contribution in [0.1, 0.15) is 291 Å². The zero-order valence-corrected chi connectivity index (χ0v) is 40.4. The molecule has 0 bridgehead atoms. The predicted octanol–water partition coefficient (Wildman–Crippen LogP) is 16.9. The van der Waals surface area contributed by atoms with Gasteiger partial charge < -0.3 is 14.2 Å². The van der Waals surface area contributed by atoms with E-state index in [9.17, 15) is 14.4 Å². The Balaban J connectivity index is 4.29. The van der Waals surface area contributed by atoms with E-state index in [0.29, 0.717) is 19.3 Å².